The van der Waals surface area contributed by atoms with Crippen LogP contribution in [0.5, 0.6) is 11.9 Å². The summed E-state index contributed by atoms with van der Waals surface area (Å²) in [7, 11) is 0. The number of non-ortho nitro benzene ring substituents is 1. The molecular weight excluding hydrogens is 470 g/mol. The van der Waals surface area contributed by atoms with Gasteiger partial charge in [0, 0.05) is 12.1 Å². The number of benzene rings is 2. The summed E-state index contributed by atoms with van der Waals surface area (Å²) in [6.45, 7) is 1.93. The van der Waals surface area contributed by atoms with Gasteiger partial charge in [0.15, 0.2) is 17.4 Å². The fourth-order valence-corrected chi connectivity index (χ4v) is 3.93. The van der Waals surface area contributed by atoms with E-state index in [-0.39, 0.29) is 42.0 Å². The third-order valence-corrected chi connectivity index (χ3v) is 5.88. The molecule has 12 nitrogen and oxygen atoms in total. The highest BCUT2D eigenvalue weighted by Gasteiger charge is 2.43. The van der Waals surface area contributed by atoms with Crippen molar-refractivity contribution in [3.8, 4) is 11.9 Å². The molecule has 0 amide bonds. The lowest BCUT2D eigenvalue weighted by molar-refractivity contribution is -0.384. The van der Waals surface area contributed by atoms with E-state index in [9.17, 15) is 20.3 Å². The first-order valence-corrected chi connectivity index (χ1v) is 11.2. The largest absolute Gasteiger partial charge is 0.471 e. The quantitative estimate of drug-likeness (QED) is 0.276. The number of rotatable bonds is 8. The molecule has 12 heteroatoms. The Hall–Kier alpha value is -4.13. The number of imidazole rings is 1. The van der Waals surface area contributed by atoms with Crippen LogP contribution in [0.1, 0.15) is 24.3 Å². The molecule has 36 heavy (non-hydrogen) atoms. The van der Waals surface area contributed by atoms with Crippen molar-refractivity contribution in [2.24, 2.45) is 0 Å². The van der Waals surface area contributed by atoms with Gasteiger partial charge in [-0.25, -0.2) is 9.55 Å². The molecule has 2 N–H and O–H groups in total. The van der Waals surface area contributed by atoms with Crippen molar-refractivity contribution in [1.29, 1.82) is 0 Å². The molecule has 3 heterocycles. The lowest BCUT2D eigenvalue weighted by Crippen LogP contribution is -2.30. The van der Waals surface area contributed by atoms with Gasteiger partial charge in [0.2, 0.25) is 5.88 Å². The second-order valence-corrected chi connectivity index (χ2v) is 8.31. The van der Waals surface area contributed by atoms with E-state index in [0.717, 1.165) is 5.56 Å². The molecular formula is C24H23N5O7. The normalized spacial score (nSPS) is 21.5. The average molecular weight is 493 g/mol. The highest BCUT2D eigenvalue weighted by Crippen LogP contribution is 2.37. The number of nitro groups is 1. The van der Waals surface area contributed by atoms with Crippen molar-refractivity contribution in [2.75, 3.05) is 0 Å². The number of fused-ring (bicyclic) bond motifs is 1. The molecule has 0 aliphatic carbocycles. The summed E-state index contributed by atoms with van der Waals surface area (Å²) < 4.78 is 19.1. The summed E-state index contributed by atoms with van der Waals surface area (Å²) in [5.41, 5.74) is 2.13. The molecule has 1 aliphatic rings. The van der Waals surface area contributed by atoms with Crippen molar-refractivity contribution in [2.45, 2.75) is 44.7 Å². The van der Waals surface area contributed by atoms with Crippen molar-refractivity contribution in [1.82, 2.24) is 19.5 Å². The summed E-state index contributed by atoms with van der Waals surface area (Å²) in [6.07, 6.45) is -2.68. The van der Waals surface area contributed by atoms with Gasteiger partial charge in [0.25, 0.3) is 5.69 Å². The molecule has 5 rings (SSSR count). The Balaban J connectivity index is 1.47. The predicted molar refractivity (Wildman–Crippen MR) is 125 cm³/mol. The van der Waals surface area contributed by atoms with Gasteiger partial charge in [0.1, 0.15) is 31.7 Å². The third-order valence-electron chi connectivity index (χ3n) is 5.88. The van der Waals surface area contributed by atoms with Crippen molar-refractivity contribution >= 4 is 16.9 Å². The van der Waals surface area contributed by atoms with Crippen LogP contribution in [0, 0.1) is 10.1 Å². The van der Waals surface area contributed by atoms with Gasteiger partial charge >= 0.3 is 6.01 Å². The molecule has 0 saturated carbocycles. The molecule has 0 radical (unpaired) electrons. The van der Waals surface area contributed by atoms with E-state index in [4.69, 9.17) is 14.2 Å². The maximum atomic E-state index is 10.9. The molecule has 0 unspecified atom stereocenters. The first kappa shape index (κ1) is 23.6. The maximum Gasteiger partial charge on any atom is 0.301 e. The van der Waals surface area contributed by atoms with Crippen LogP contribution in [0.15, 0.2) is 60.9 Å². The average Bonchev–Trinajstić information content (AvgIpc) is 3.39. The van der Waals surface area contributed by atoms with Gasteiger partial charge in [0.05, 0.1) is 11.0 Å². The van der Waals surface area contributed by atoms with Crippen LogP contribution in [0.4, 0.5) is 5.69 Å². The van der Waals surface area contributed by atoms with Gasteiger partial charge in [-0.05, 0) is 30.2 Å². The number of nitro benzene ring substituents is 1. The van der Waals surface area contributed by atoms with Crippen molar-refractivity contribution in [3.63, 3.8) is 0 Å². The molecule has 2 aromatic heterocycles. The molecule has 4 aromatic rings. The Labute approximate surface area is 204 Å². The van der Waals surface area contributed by atoms with Crippen LogP contribution in [0.25, 0.3) is 11.2 Å². The van der Waals surface area contributed by atoms with Crippen LogP contribution in [-0.2, 0) is 18.0 Å². The van der Waals surface area contributed by atoms with Crippen LogP contribution >= 0.6 is 0 Å². The molecule has 0 spiro atoms. The number of ether oxygens (including phenoxy) is 3. The SMILES string of the molecule is C[C@H]1O[C@@H](n2c(OCc3ccccc3)nc3c(OCc4ccc([N+](=O)[O-])cc4)ncnc32)[C@H](O)[C@@H]1O. The van der Waals surface area contributed by atoms with Gasteiger partial charge in [-0.2, -0.15) is 9.97 Å². The molecule has 1 saturated heterocycles. The van der Waals surface area contributed by atoms with Crippen LogP contribution in [0.2, 0.25) is 0 Å². The van der Waals surface area contributed by atoms with Crippen LogP contribution in [0.3, 0.4) is 0 Å². The fraction of sp³-hybridized carbons (Fsp3) is 0.292. The highest BCUT2D eigenvalue weighted by molar-refractivity contribution is 5.77. The Morgan fingerprint density at radius 2 is 1.69 bits per heavy atom. The van der Waals surface area contributed by atoms with E-state index < -0.39 is 29.5 Å². The van der Waals surface area contributed by atoms with E-state index in [1.165, 1.54) is 23.0 Å². The summed E-state index contributed by atoms with van der Waals surface area (Å²) in [6, 6.07) is 15.6. The number of hydrogen-bond acceptors (Lipinski definition) is 10. The molecule has 2 aromatic carbocycles. The summed E-state index contributed by atoms with van der Waals surface area (Å²) in [5.74, 6) is 0.155. The van der Waals surface area contributed by atoms with Crippen molar-refractivity contribution < 1.29 is 29.3 Å². The van der Waals surface area contributed by atoms with E-state index in [1.54, 1.807) is 19.1 Å². The Morgan fingerprint density at radius 3 is 2.36 bits per heavy atom. The van der Waals surface area contributed by atoms with Gasteiger partial charge in [-0.1, -0.05) is 30.3 Å². The highest BCUT2D eigenvalue weighted by atomic mass is 16.6. The number of aliphatic hydroxyl groups excluding tert-OH is 2. The van der Waals surface area contributed by atoms with E-state index >= 15 is 0 Å². The van der Waals surface area contributed by atoms with Crippen LogP contribution < -0.4 is 9.47 Å². The minimum Gasteiger partial charge on any atom is -0.471 e. The van der Waals surface area contributed by atoms with E-state index in [0.29, 0.717) is 5.56 Å². The van der Waals surface area contributed by atoms with E-state index in [1.807, 2.05) is 30.3 Å². The second kappa shape index (κ2) is 9.85. The zero-order valence-corrected chi connectivity index (χ0v) is 19.2. The molecule has 0 bridgehead atoms. The molecule has 4 atom stereocenters. The summed E-state index contributed by atoms with van der Waals surface area (Å²) in [4.78, 5) is 23.4. The lowest BCUT2D eigenvalue weighted by Gasteiger charge is -2.19. The fourth-order valence-electron chi connectivity index (χ4n) is 3.93. The van der Waals surface area contributed by atoms with E-state index in [2.05, 4.69) is 15.0 Å². The smallest absolute Gasteiger partial charge is 0.301 e. The zero-order valence-electron chi connectivity index (χ0n) is 19.2. The molecule has 186 valence electrons. The first-order valence-electron chi connectivity index (χ1n) is 11.2. The Kier molecular flexibility index (Phi) is 6.46. The molecule has 1 fully saturated rings. The molecule has 1 aliphatic heterocycles. The predicted octanol–water partition coefficient (Wildman–Crippen LogP) is 2.53. The maximum absolute atomic E-state index is 10.9. The Morgan fingerprint density at radius 1 is 1.00 bits per heavy atom. The third kappa shape index (κ3) is 4.56. The minimum absolute atomic E-state index is 0.0198. The van der Waals surface area contributed by atoms with Crippen molar-refractivity contribution in [3.05, 3.63) is 82.2 Å². The number of aromatic nitrogens is 4. The topological polar surface area (TPSA) is 155 Å². The first-order chi connectivity index (χ1) is 17.4. The zero-order chi connectivity index (χ0) is 25.2. The van der Waals surface area contributed by atoms with Crippen LogP contribution in [-0.4, -0.2) is 53.0 Å². The minimum atomic E-state index is -1.24. The standard InChI is InChI=1S/C24H23N5O7/c1-14-19(30)20(31)23(36-14)28-21-18(27-24(28)35-12-15-5-3-2-4-6-15)22(26-13-25-21)34-11-16-7-9-17(10-8-16)29(32)33/h2-10,13-14,19-20,23,30-31H,11-12H2,1H3/t14-,19-,20-,23-/m1/s1. The summed E-state index contributed by atoms with van der Waals surface area (Å²) in [5, 5.41) is 31.8. The van der Waals surface area contributed by atoms with Gasteiger partial charge in [-0.3, -0.25) is 10.1 Å². The Bertz CT molecular complexity index is 1360. The number of hydrogen-bond donors (Lipinski definition) is 2. The number of aliphatic hydroxyl groups is 2. The van der Waals surface area contributed by atoms with Gasteiger partial charge < -0.3 is 24.4 Å². The van der Waals surface area contributed by atoms with Gasteiger partial charge in [-0.15, -0.1) is 0 Å². The number of nitrogens with zero attached hydrogens (tertiary/aromatic N) is 5. The lowest BCUT2D eigenvalue weighted by atomic mass is 10.1. The monoisotopic (exact) mass is 493 g/mol. The second-order valence-electron chi connectivity index (χ2n) is 8.31. The summed E-state index contributed by atoms with van der Waals surface area (Å²) >= 11 is 0.